The first kappa shape index (κ1) is 21.3. The summed E-state index contributed by atoms with van der Waals surface area (Å²) in [5.74, 6) is -0.746. The minimum Gasteiger partial charge on any atom is -0.453 e. The fraction of sp³-hybridized carbons (Fsp3) is 0.350. The molecule has 0 bridgehead atoms. The van der Waals surface area contributed by atoms with Crippen LogP contribution in [0.2, 0.25) is 0 Å². The van der Waals surface area contributed by atoms with Crippen LogP contribution in [0.3, 0.4) is 0 Å². The molecule has 4 rings (SSSR count). The van der Waals surface area contributed by atoms with Gasteiger partial charge in [0.15, 0.2) is 17.2 Å². The molecule has 2 amide bonds. The highest BCUT2D eigenvalue weighted by atomic mass is 19.1. The summed E-state index contributed by atoms with van der Waals surface area (Å²) in [6.45, 7) is 0. The lowest BCUT2D eigenvalue weighted by Crippen LogP contribution is -2.40. The number of nitrogens with one attached hydrogen (secondary N) is 3. The fourth-order valence-corrected chi connectivity index (χ4v) is 3.70. The van der Waals surface area contributed by atoms with Gasteiger partial charge in [-0.2, -0.15) is 0 Å². The maximum atomic E-state index is 13.8. The van der Waals surface area contributed by atoms with Crippen LogP contribution in [-0.4, -0.2) is 50.8 Å². The summed E-state index contributed by atoms with van der Waals surface area (Å²) in [6, 6.07) is 3.21. The number of fused-ring (bicyclic) bond motifs is 1. The Morgan fingerprint density at radius 3 is 2.69 bits per heavy atom. The Morgan fingerprint density at radius 2 is 1.97 bits per heavy atom. The highest BCUT2D eigenvalue weighted by Gasteiger charge is 2.24. The second-order valence-corrected chi connectivity index (χ2v) is 7.50. The molecule has 0 aromatic carbocycles. The van der Waals surface area contributed by atoms with Crippen molar-refractivity contribution in [2.24, 2.45) is 0 Å². The average molecular weight is 442 g/mol. The molecule has 11 nitrogen and oxygen atoms in total. The first-order valence-corrected chi connectivity index (χ1v) is 10.1. The molecule has 32 heavy (non-hydrogen) atoms. The van der Waals surface area contributed by atoms with Crippen LogP contribution in [0.4, 0.5) is 26.4 Å². The van der Waals surface area contributed by atoms with E-state index in [1.54, 1.807) is 6.07 Å². The van der Waals surface area contributed by atoms with Crippen LogP contribution < -0.4 is 21.7 Å². The Balaban J connectivity index is 1.48. The van der Waals surface area contributed by atoms with E-state index in [0.29, 0.717) is 17.2 Å². The third-order valence-corrected chi connectivity index (χ3v) is 5.34. The molecule has 1 aliphatic rings. The zero-order valence-corrected chi connectivity index (χ0v) is 17.3. The zero-order valence-electron chi connectivity index (χ0n) is 17.3. The summed E-state index contributed by atoms with van der Waals surface area (Å²) >= 11 is 0. The van der Waals surface area contributed by atoms with E-state index >= 15 is 0 Å². The number of alkyl carbamates (subject to hydrolysis) is 1. The number of aromatic nitrogens is 4. The van der Waals surface area contributed by atoms with Crippen LogP contribution in [0.5, 0.6) is 0 Å². The van der Waals surface area contributed by atoms with E-state index in [-0.39, 0.29) is 23.5 Å². The van der Waals surface area contributed by atoms with E-state index < -0.39 is 17.8 Å². The van der Waals surface area contributed by atoms with Gasteiger partial charge in [0.1, 0.15) is 5.82 Å². The standard InChI is InChI=1S/C20H23FN8O3/c1-32-20(31)26-12-4-2-11(3-5-12)25-17-8-14(22)18-24-10-16(29(18)28-17)19(30)27-15-6-7-23-9-13(15)21/h6-12H,2-5,22H2,1H3,(H,25,28)(H,26,31)(H,23,27,30). The van der Waals surface area contributed by atoms with Gasteiger partial charge in [0, 0.05) is 24.3 Å². The van der Waals surface area contributed by atoms with Crippen molar-refractivity contribution in [3.05, 3.63) is 42.2 Å². The number of amides is 2. The lowest BCUT2D eigenvalue weighted by Gasteiger charge is -2.29. The molecule has 1 saturated carbocycles. The number of methoxy groups -OCH3 is 1. The molecule has 0 radical (unpaired) electrons. The molecule has 3 aromatic rings. The normalized spacial score (nSPS) is 18.2. The van der Waals surface area contributed by atoms with Crippen molar-refractivity contribution in [3.63, 3.8) is 0 Å². The van der Waals surface area contributed by atoms with Crippen molar-refractivity contribution < 1.29 is 18.7 Å². The van der Waals surface area contributed by atoms with Gasteiger partial charge in [-0.05, 0) is 31.7 Å². The zero-order chi connectivity index (χ0) is 22.7. The minimum atomic E-state index is -0.651. The van der Waals surface area contributed by atoms with Gasteiger partial charge in [-0.15, -0.1) is 5.10 Å². The van der Waals surface area contributed by atoms with Gasteiger partial charge in [0.05, 0.1) is 30.9 Å². The summed E-state index contributed by atoms with van der Waals surface area (Å²) in [4.78, 5) is 31.9. The van der Waals surface area contributed by atoms with Crippen molar-refractivity contribution in [3.8, 4) is 0 Å². The predicted molar refractivity (Wildman–Crippen MR) is 115 cm³/mol. The molecular weight excluding hydrogens is 419 g/mol. The number of imidazole rings is 1. The van der Waals surface area contributed by atoms with Gasteiger partial charge >= 0.3 is 6.09 Å². The third kappa shape index (κ3) is 4.53. The molecule has 5 N–H and O–H groups in total. The van der Waals surface area contributed by atoms with E-state index in [0.717, 1.165) is 31.9 Å². The van der Waals surface area contributed by atoms with Gasteiger partial charge in [-0.1, -0.05) is 0 Å². The lowest BCUT2D eigenvalue weighted by molar-refractivity contribution is 0.101. The number of nitrogens with zero attached hydrogens (tertiary/aromatic N) is 4. The number of halogens is 1. The smallest absolute Gasteiger partial charge is 0.407 e. The van der Waals surface area contributed by atoms with E-state index in [9.17, 15) is 14.0 Å². The number of carbonyl (C=O) groups is 2. The Hall–Kier alpha value is -3.96. The quantitative estimate of drug-likeness (QED) is 0.470. The molecule has 3 aromatic heterocycles. The Bertz CT molecular complexity index is 1140. The van der Waals surface area contributed by atoms with Crippen LogP contribution in [0.1, 0.15) is 36.2 Å². The van der Waals surface area contributed by atoms with Crippen molar-refractivity contribution in [2.45, 2.75) is 37.8 Å². The predicted octanol–water partition coefficient (Wildman–Crippen LogP) is 2.18. The SMILES string of the molecule is COC(=O)NC1CCC(Nc2cc(N)c3ncc(C(=O)Nc4ccncc4F)n3n2)CC1. The molecule has 0 atom stereocenters. The minimum absolute atomic E-state index is 0.000439. The highest BCUT2D eigenvalue weighted by Crippen LogP contribution is 2.24. The molecule has 3 heterocycles. The number of hydrogen-bond acceptors (Lipinski definition) is 8. The topological polar surface area (TPSA) is 149 Å². The van der Waals surface area contributed by atoms with E-state index in [1.165, 1.54) is 30.1 Å². The maximum absolute atomic E-state index is 13.8. The number of hydrogen-bond donors (Lipinski definition) is 4. The van der Waals surface area contributed by atoms with Crippen LogP contribution in [0.15, 0.2) is 30.7 Å². The number of nitrogens with two attached hydrogens (primary N) is 1. The molecule has 0 unspecified atom stereocenters. The van der Waals surface area contributed by atoms with Gasteiger partial charge in [0.25, 0.3) is 5.91 Å². The number of pyridine rings is 1. The summed E-state index contributed by atoms with van der Waals surface area (Å²) in [7, 11) is 1.34. The Labute approximate surface area is 182 Å². The van der Waals surface area contributed by atoms with Crippen LogP contribution in [0, 0.1) is 5.82 Å². The Kier molecular flexibility index (Phi) is 6.01. The van der Waals surface area contributed by atoms with Crippen molar-refractivity contribution in [2.75, 3.05) is 23.5 Å². The van der Waals surface area contributed by atoms with Crippen LogP contribution >= 0.6 is 0 Å². The second kappa shape index (κ2) is 9.04. The highest BCUT2D eigenvalue weighted by molar-refractivity contribution is 6.03. The lowest BCUT2D eigenvalue weighted by atomic mass is 9.91. The third-order valence-electron chi connectivity index (χ3n) is 5.34. The summed E-state index contributed by atoms with van der Waals surface area (Å²) < 4.78 is 19.8. The average Bonchev–Trinajstić information content (AvgIpc) is 3.21. The molecule has 0 spiro atoms. The first-order chi connectivity index (χ1) is 15.4. The van der Waals surface area contributed by atoms with Gasteiger partial charge in [0.2, 0.25) is 0 Å². The number of anilines is 3. The largest absolute Gasteiger partial charge is 0.453 e. The summed E-state index contributed by atoms with van der Waals surface area (Å²) in [6.07, 6.45) is 6.50. The molecule has 0 aliphatic heterocycles. The van der Waals surface area contributed by atoms with Crippen molar-refractivity contribution in [1.82, 2.24) is 24.9 Å². The first-order valence-electron chi connectivity index (χ1n) is 10.1. The van der Waals surface area contributed by atoms with E-state index in [2.05, 4.69) is 35.8 Å². The van der Waals surface area contributed by atoms with Crippen molar-refractivity contribution >= 4 is 34.8 Å². The second-order valence-electron chi connectivity index (χ2n) is 7.50. The number of carbonyl (C=O) groups excluding carboxylic acids is 2. The fourth-order valence-electron chi connectivity index (χ4n) is 3.70. The van der Waals surface area contributed by atoms with E-state index in [4.69, 9.17) is 5.73 Å². The summed E-state index contributed by atoms with van der Waals surface area (Å²) in [5, 5.41) is 13.1. The monoisotopic (exact) mass is 442 g/mol. The van der Waals surface area contributed by atoms with Crippen LogP contribution in [-0.2, 0) is 4.74 Å². The Morgan fingerprint density at radius 1 is 1.22 bits per heavy atom. The molecule has 1 fully saturated rings. The van der Waals surface area contributed by atoms with E-state index in [1.807, 2.05) is 0 Å². The van der Waals surface area contributed by atoms with Crippen LogP contribution in [0.25, 0.3) is 5.65 Å². The number of nitrogen functional groups attached to an aromatic ring is 1. The molecule has 168 valence electrons. The number of ether oxygens (including phenoxy) is 1. The van der Waals surface area contributed by atoms with Gasteiger partial charge < -0.3 is 26.4 Å². The molecular formula is C20H23FN8O3. The van der Waals surface area contributed by atoms with Gasteiger partial charge in [-0.3, -0.25) is 9.78 Å². The molecule has 1 aliphatic carbocycles. The van der Waals surface area contributed by atoms with Gasteiger partial charge in [-0.25, -0.2) is 18.7 Å². The maximum Gasteiger partial charge on any atom is 0.407 e. The molecule has 0 saturated heterocycles. The number of rotatable bonds is 5. The van der Waals surface area contributed by atoms with Crippen molar-refractivity contribution in [1.29, 1.82) is 0 Å². The summed E-state index contributed by atoms with van der Waals surface area (Å²) in [5.41, 5.74) is 6.89. The molecule has 12 heteroatoms.